The van der Waals surface area contributed by atoms with Crippen molar-refractivity contribution in [1.29, 1.82) is 0 Å². The molecule has 0 bridgehead atoms. The zero-order chi connectivity index (χ0) is 25.8. The minimum atomic E-state index is -5.12. The van der Waals surface area contributed by atoms with Crippen molar-refractivity contribution in [1.82, 2.24) is 0 Å². The van der Waals surface area contributed by atoms with Crippen LogP contribution in [-0.2, 0) is 20.3 Å². The van der Waals surface area contributed by atoms with Crippen LogP contribution in [0, 0.1) is 12.8 Å². The highest BCUT2D eigenvalue weighted by atomic mass is 35.5. The Labute approximate surface area is 208 Å². The summed E-state index contributed by atoms with van der Waals surface area (Å²) < 4.78 is 65.8. The highest BCUT2D eigenvalue weighted by Crippen LogP contribution is 2.48. The van der Waals surface area contributed by atoms with E-state index in [0.717, 1.165) is 12.1 Å². The Hall–Kier alpha value is -2.63. The van der Waals surface area contributed by atoms with Crippen LogP contribution in [0.1, 0.15) is 33.5 Å². The van der Waals surface area contributed by atoms with Crippen molar-refractivity contribution in [3.05, 3.63) is 68.7 Å². The van der Waals surface area contributed by atoms with Crippen molar-refractivity contribution in [2.75, 3.05) is 11.5 Å². The number of Topliss-reactive ketones (excluding diaryl/α,β-unsaturated/α-hetero) is 1. The lowest BCUT2D eigenvalue weighted by Gasteiger charge is -2.29. The van der Waals surface area contributed by atoms with Gasteiger partial charge in [0.25, 0.3) is 0 Å². The van der Waals surface area contributed by atoms with Crippen molar-refractivity contribution in [2.24, 2.45) is 16.2 Å². The maximum atomic E-state index is 14.4. The number of ketones is 1. The zero-order valence-electron chi connectivity index (χ0n) is 17.9. The monoisotopic (exact) mass is 548 g/mol. The molecule has 0 aromatic heterocycles. The predicted molar refractivity (Wildman–Crippen MR) is 123 cm³/mol. The molecule has 0 radical (unpaired) electrons. The van der Waals surface area contributed by atoms with Crippen molar-refractivity contribution in [3.63, 3.8) is 0 Å². The van der Waals surface area contributed by atoms with E-state index in [1.165, 1.54) is 24.3 Å². The van der Waals surface area contributed by atoms with Crippen LogP contribution in [0.3, 0.4) is 0 Å². The van der Waals surface area contributed by atoms with Gasteiger partial charge in [-0.3, -0.25) is 4.79 Å². The molecule has 7 nitrogen and oxygen atoms in total. The fourth-order valence-corrected chi connectivity index (χ4v) is 6.35. The maximum absolute atomic E-state index is 14.4. The van der Waals surface area contributed by atoms with Crippen molar-refractivity contribution in [3.8, 4) is 0 Å². The second-order valence-corrected chi connectivity index (χ2v) is 11.4. The molecule has 0 amide bonds. The van der Waals surface area contributed by atoms with Crippen LogP contribution in [0.5, 0.6) is 0 Å². The van der Waals surface area contributed by atoms with E-state index >= 15 is 0 Å². The molecule has 1 fully saturated rings. The Balaban J connectivity index is 1.68. The molecule has 0 aliphatic carbocycles. The summed E-state index contributed by atoms with van der Waals surface area (Å²) in [6.07, 6.45) is -5.08. The summed E-state index contributed by atoms with van der Waals surface area (Å²) >= 11 is 11.8. The van der Waals surface area contributed by atoms with Gasteiger partial charge in [-0.05, 0) is 42.7 Å². The number of carbonyl (C=O) groups excluding carboxylic acids is 1. The molecule has 13 heteroatoms. The predicted octanol–water partition coefficient (Wildman–Crippen LogP) is 4.94. The zero-order valence-corrected chi connectivity index (χ0v) is 20.3. The molecule has 35 heavy (non-hydrogen) atoms. The lowest BCUT2D eigenvalue weighted by Crippen LogP contribution is -2.50. The normalized spacial score (nSPS) is 23.0. The number of alkyl halides is 3. The standard InChI is InChI=1S/C22H17Cl2F3N2O5S/c1-11-4-13(2-3-17(11)18(30)5-12-9-35(32,33)10-12)19-20(28-31)21(34-29-19,22(25,26)27)14-6-15(23)8-16(24)7-14/h2-4,6-8,12,31H,5,9-10H2,1H3/b28-20+. The van der Waals surface area contributed by atoms with Crippen LogP contribution in [0.25, 0.3) is 0 Å². The van der Waals surface area contributed by atoms with E-state index in [-0.39, 0.29) is 45.2 Å². The second kappa shape index (κ2) is 8.79. The first-order valence-electron chi connectivity index (χ1n) is 10.1. The number of carbonyl (C=O) groups is 1. The topological polar surface area (TPSA) is 105 Å². The van der Waals surface area contributed by atoms with E-state index in [1.54, 1.807) is 6.92 Å². The third-order valence-corrected chi connectivity index (χ3v) is 8.25. The van der Waals surface area contributed by atoms with Gasteiger partial charge in [0.1, 0.15) is 5.71 Å². The quantitative estimate of drug-likeness (QED) is 0.323. The SMILES string of the molecule is Cc1cc(C2=NOC(c3cc(Cl)cc(Cl)c3)(C(F)(F)F)/C2=N/O)ccc1C(=O)CC1CS(=O)(=O)C1. The summed E-state index contributed by atoms with van der Waals surface area (Å²) in [5.41, 5.74) is -4.31. The van der Waals surface area contributed by atoms with E-state index in [9.17, 15) is 31.6 Å². The molecule has 2 aliphatic rings. The first-order valence-corrected chi connectivity index (χ1v) is 12.7. The Morgan fingerprint density at radius 1 is 1.20 bits per heavy atom. The number of hydrogen-bond acceptors (Lipinski definition) is 7. The number of nitrogens with zero attached hydrogens (tertiary/aromatic N) is 2. The van der Waals surface area contributed by atoms with Gasteiger partial charge >= 0.3 is 11.8 Å². The van der Waals surface area contributed by atoms with Gasteiger partial charge in [-0.25, -0.2) is 8.42 Å². The Kier molecular flexibility index (Phi) is 6.40. The third-order valence-electron chi connectivity index (χ3n) is 5.85. The summed E-state index contributed by atoms with van der Waals surface area (Å²) in [6, 6.07) is 7.37. The molecule has 1 saturated heterocycles. The molecule has 186 valence electrons. The molecule has 2 aliphatic heterocycles. The highest BCUT2D eigenvalue weighted by molar-refractivity contribution is 7.92. The van der Waals surface area contributed by atoms with E-state index in [4.69, 9.17) is 28.0 Å². The fraction of sp³-hybridized carbons (Fsp3) is 0.318. The van der Waals surface area contributed by atoms with Crippen LogP contribution in [0.4, 0.5) is 13.2 Å². The average Bonchev–Trinajstić information content (AvgIpc) is 3.12. The number of benzene rings is 2. The van der Waals surface area contributed by atoms with Crippen molar-refractivity contribution in [2.45, 2.75) is 25.1 Å². The van der Waals surface area contributed by atoms with Gasteiger partial charge in [0.2, 0.25) is 0 Å². The molecular weight excluding hydrogens is 532 g/mol. The van der Waals surface area contributed by atoms with Crippen LogP contribution in [0.15, 0.2) is 46.7 Å². The van der Waals surface area contributed by atoms with Crippen molar-refractivity contribution >= 4 is 50.2 Å². The largest absolute Gasteiger partial charge is 0.441 e. The molecule has 2 aromatic carbocycles. The van der Waals surface area contributed by atoms with Gasteiger partial charge in [-0.1, -0.05) is 45.6 Å². The van der Waals surface area contributed by atoms with Crippen LogP contribution in [0.2, 0.25) is 10.0 Å². The number of hydrogen-bond donors (Lipinski definition) is 1. The van der Waals surface area contributed by atoms with E-state index in [1.807, 2.05) is 0 Å². The van der Waals surface area contributed by atoms with Gasteiger partial charge in [0.05, 0.1) is 11.5 Å². The Morgan fingerprint density at radius 3 is 2.34 bits per heavy atom. The van der Waals surface area contributed by atoms with Gasteiger partial charge in [-0.15, -0.1) is 0 Å². The average molecular weight is 549 g/mol. The highest BCUT2D eigenvalue weighted by Gasteiger charge is 2.67. The summed E-state index contributed by atoms with van der Waals surface area (Å²) in [5.74, 6) is -0.641. The molecule has 1 unspecified atom stereocenters. The smallest absolute Gasteiger partial charge is 0.410 e. The lowest BCUT2D eigenvalue weighted by molar-refractivity contribution is -0.250. The Bertz CT molecular complexity index is 1360. The molecule has 4 rings (SSSR count). The molecule has 1 atom stereocenters. The minimum Gasteiger partial charge on any atom is -0.410 e. The number of sulfone groups is 1. The fourth-order valence-electron chi connectivity index (χ4n) is 4.25. The number of halogens is 5. The van der Waals surface area contributed by atoms with Crippen LogP contribution in [-0.4, -0.2) is 48.5 Å². The molecule has 0 saturated carbocycles. The van der Waals surface area contributed by atoms with Gasteiger partial charge in [0.15, 0.2) is 21.3 Å². The molecular formula is C22H17Cl2F3N2O5S. The first-order chi connectivity index (χ1) is 16.3. The second-order valence-electron chi connectivity index (χ2n) is 8.42. The van der Waals surface area contributed by atoms with Crippen LogP contribution >= 0.6 is 23.2 Å². The Morgan fingerprint density at radius 2 is 1.83 bits per heavy atom. The minimum absolute atomic E-state index is 0.0412. The number of aryl methyl sites for hydroxylation is 1. The molecule has 2 heterocycles. The lowest BCUT2D eigenvalue weighted by atomic mass is 9.84. The number of oxime groups is 2. The summed E-state index contributed by atoms with van der Waals surface area (Å²) in [4.78, 5) is 17.5. The molecule has 1 N–H and O–H groups in total. The third kappa shape index (κ3) is 4.52. The van der Waals surface area contributed by atoms with Gasteiger partial charge in [-0.2, -0.15) is 13.2 Å². The van der Waals surface area contributed by atoms with E-state index in [2.05, 4.69) is 10.3 Å². The van der Waals surface area contributed by atoms with E-state index in [0.29, 0.717) is 11.1 Å². The number of rotatable bonds is 5. The first kappa shape index (κ1) is 25.5. The van der Waals surface area contributed by atoms with Crippen molar-refractivity contribution < 1.29 is 36.4 Å². The summed E-state index contributed by atoms with van der Waals surface area (Å²) in [7, 11) is -3.07. The summed E-state index contributed by atoms with van der Waals surface area (Å²) in [6.45, 7) is 1.58. The maximum Gasteiger partial charge on any atom is 0.441 e. The molecule has 2 aromatic rings. The van der Waals surface area contributed by atoms with E-state index < -0.39 is 38.6 Å². The van der Waals surface area contributed by atoms with Gasteiger partial charge in [0, 0.05) is 33.2 Å². The summed E-state index contributed by atoms with van der Waals surface area (Å²) in [5, 5.41) is 15.9. The van der Waals surface area contributed by atoms with Crippen LogP contribution < -0.4 is 0 Å². The van der Waals surface area contributed by atoms with Gasteiger partial charge < -0.3 is 10.0 Å². The molecule has 0 spiro atoms.